The van der Waals surface area contributed by atoms with Crippen molar-refractivity contribution in [1.82, 2.24) is 9.55 Å². The van der Waals surface area contributed by atoms with Crippen molar-refractivity contribution < 1.29 is 23.0 Å². The highest BCUT2D eigenvalue weighted by molar-refractivity contribution is 5.49. The first-order valence-electron chi connectivity index (χ1n) is 9.59. The number of aromatic nitrogens is 2. The number of morpholine rings is 1. The van der Waals surface area contributed by atoms with Crippen LogP contribution in [-0.4, -0.2) is 64.3 Å². The van der Waals surface area contributed by atoms with E-state index >= 15 is 0 Å². The molecule has 0 saturated carbocycles. The summed E-state index contributed by atoms with van der Waals surface area (Å²) in [5, 5.41) is 10.0. The minimum absolute atomic E-state index is 0.0280. The number of alkyl halides is 3. The van der Waals surface area contributed by atoms with E-state index < -0.39 is 17.8 Å². The molecular weight excluding hydrogens is 377 g/mol. The van der Waals surface area contributed by atoms with Gasteiger partial charge in [-0.05, 0) is 33.1 Å². The summed E-state index contributed by atoms with van der Waals surface area (Å²) in [6.07, 6.45) is -3.61. The number of hydrogen-bond donors (Lipinski definition) is 1. The van der Waals surface area contributed by atoms with Crippen LogP contribution in [0.1, 0.15) is 33.1 Å². The summed E-state index contributed by atoms with van der Waals surface area (Å²) >= 11 is 0. The molecule has 1 aromatic rings. The first-order chi connectivity index (χ1) is 13.0. The van der Waals surface area contributed by atoms with E-state index in [0.717, 1.165) is 11.3 Å². The molecule has 0 amide bonds. The molecule has 156 valence electrons. The van der Waals surface area contributed by atoms with Gasteiger partial charge in [0, 0.05) is 25.7 Å². The van der Waals surface area contributed by atoms with Crippen molar-refractivity contribution in [3.05, 3.63) is 16.4 Å². The molecule has 2 fully saturated rings. The molecule has 3 aliphatic heterocycles. The van der Waals surface area contributed by atoms with E-state index in [-0.39, 0.29) is 49.6 Å². The van der Waals surface area contributed by atoms with Crippen LogP contribution in [-0.2, 0) is 11.3 Å². The van der Waals surface area contributed by atoms with Crippen molar-refractivity contribution in [2.75, 3.05) is 29.5 Å². The maximum Gasteiger partial charge on any atom is 0.408 e. The van der Waals surface area contributed by atoms with Crippen molar-refractivity contribution in [3.8, 4) is 0 Å². The summed E-state index contributed by atoms with van der Waals surface area (Å²) in [5.41, 5.74) is -1.47. The summed E-state index contributed by atoms with van der Waals surface area (Å²) in [4.78, 5) is 20.3. The zero-order chi connectivity index (χ0) is 20.3. The Bertz CT molecular complexity index is 805. The third kappa shape index (κ3) is 3.59. The van der Waals surface area contributed by atoms with Gasteiger partial charge in [-0.2, -0.15) is 18.2 Å². The molecule has 1 N–H and O–H groups in total. The summed E-state index contributed by atoms with van der Waals surface area (Å²) in [6.45, 7) is 4.17. The second-order valence-electron chi connectivity index (χ2n) is 8.50. The molecule has 3 atom stereocenters. The number of anilines is 2. The van der Waals surface area contributed by atoms with E-state index in [1.54, 1.807) is 13.8 Å². The molecule has 0 spiro atoms. The van der Waals surface area contributed by atoms with Gasteiger partial charge < -0.3 is 19.6 Å². The van der Waals surface area contributed by atoms with E-state index in [2.05, 4.69) is 4.98 Å². The topological polar surface area (TPSA) is 70.8 Å². The standard InChI is InChI=1S/C18H25F3N4O3/c1-17(2,27)4-6-23-13(18(19,20)21)3-5-24-15(26)8-14(22-16(23)24)25-9-12-7-11(25)10-28-12/h8,11-13,27H,3-7,9-10H2,1-2H3/t11?,12?,13-/m0/s1. The van der Waals surface area contributed by atoms with Gasteiger partial charge in [0.15, 0.2) is 0 Å². The number of halogens is 3. The Balaban J connectivity index is 1.72. The third-order valence-electron chi connectivity index (χ3n) is 5.77. The number of nitrogens with zero attached hydrogens (tertiary/aromatic N) is 4. The van der Waals surface area contributed by atoms with E-state index in [9.17, 15) is 23.1 Å². The molecule has 0 radical (unpaired) electrons. The van der Waals surface area contributed by atoms with E-state index in [1.807, 2.05) is 4.90 Å². The predicted molar refractivity (Wildman–Crippen MR) is 96.7 cm³/mol. The average molecular weight is 402 g/mol. The SMILES string of the molecule is CC(C)(O)CCN1c2nc(N3CC4CC3CO4)cc(=O)n2CC[C@H]1C(F)(F)F. The van der Waals surface area contributed by atoms with Gasteiger partial charge in [0.25, 0.3) is 5.56 Å². The molecule has 1 aromatic heterocycles. The van der Waals surface area contributed by atoms with Crippen molar-refractivity contribution in [1.29, 1.82) is 0 Å². The predicted octanol–water partition coefficient (Wildman–Crippen LogP) is 1.52. The van der Waals surface area contributed by atoms with Crippen LogP contribution in [0, 0.1) is 0 Å². The van der Waals surface area contributed by atoms with Crippen LogP contribution in [0.15, 0.2) is 10.9 Å². The van der Waals surface area contributed by atoms with Gasteiger partial charge in [-0.3, -0.25) is 9.36 Å². The van der Waals surface area contributed by atoms with Crippen LogP contribution in [0.3, 0.4) is 0 Å². The second kappa shape index (κ2) is 6.62. The Labute approximate surface area is 160 Å². The normalized spacial score (nSPS) is 27.4. The van der Waals surface area contributed by atoms with Gasteiger partial charge in [-0.15, -0.1) is 0 Å². The zero-order valence-corrected chi connectivity index (χ0v) is 15.9. The van der Waals surface area contributed by atoms with Gasteiger partial charge in [0.1, 0.15) is 11.9 Å². The van der Waals surface area contributed by atoms with Gasteiger partial charge >= 0.3 is 6.18 Å². The molecule has 0 aliphatic carbocycles. The zero-order valence-electron chi connectivity index (χ0n) is 15.9. The summed E-state index contributed by atoms with van der Waals surface area (Å²) in [5.74, 6) is 0.437. The second-order valence-corrected chi connectivity index (χ2v) is 8.50. The molecule has 7 nitrogen and oxygen atoms in total. The maximum atomic E-state index is 13.7. The number of ether oxygens (including phenoxy) is 1. The highest BCUT2D eigenvalue weighted by Gasteiger charge is 2.47. The lowest BCUT2D eigenvalue weighted by atomic mass is 10.0. The van der Waals surface area contributed by atoms with Crippen LogP contribution in [0.25, 0.3) is 0 Å². The summed E-state index contributed by atoms with van der Waals surface area (Å²) < 4.78 is 47.9. The van der Waals surface area contributed by atoms with E-state index in [0.29, 0.717) is 19.0 Å². The number of hydrogen-bond acceptors (Lipinski definition) is 6. The molecule has 10 heteroatoms. The molecule has 28 heavy (non-hydrogen) atoms. The average Bonchev–Trinajstić information content (AvgIpc) is 3.21. The fraction of sp³-hybridized carbons (Fsp3) is 0.778. The van der Waals surface area contributed by atoms with Crippen LogP contribution < -0.4 is 15.4 Å². The van der Waals surface area contributed by atoms with Crippen LogP contribution in [0.4, 0.5) is 24.9 Å². The van der Waals surface area contributed by atoms with Gasteiger partial charge in [-0.25, -0.2) is 0 Å². The highest BCUT2D eigenvalue weighted by Crippen LogP contribution is 2.36. The van der Waals surface area contributed by atoms with Gasteiger partial charge in [0.05, 0.1) is 24.4 Å². The molecule has 3 aliphatic rings. The first kappa shape index (κ1) is 19.5. The summed E-state index contributed by atoms with van der Waals surface area (Å²) in [7, 11) is 0. The number of aliphatic hydroxyl groups is 1. The lowest BCUT2D eigenvalue weighted by molar-refractivity contribution is -0.153. The molecule has 2 unspecified atom stereocenters. The largest absolute Gasteiger partial charge is 0.408 e. The Kier molecular flexibility index (Phi) is 4.61. The minimum atomic E-state index is -4.45. The quantitative estimate of drug-likeness (QED) is 0.824. The van der Waals surface area contributed by atoms with Gasteiger partial charge in [0.2, 0.25) is 5.95 Å². The molecule has 2 saturated heterocycles. The minimum Gasteiger partial charge on any atom is -0.390 e. The Morgan fingerprint density at radius 2 is 2.11 bits per heavy atom. The highest BCUT2D eigenvalue weighted by atomic mass is 19.4. The van der Waals surface area contributed by atoms with Crippen LogP contribution in [0.2, 0.25) is 0 Å². The number of rotatable bonds is 4. The number of fused-ring (bicyclic) bond motifs is 3. The van der Waals surface area contributed by atoms with Gasteiger partial charge in [-0.1, -0.05) is 0 Å². The van der Waals surface area contributed by atoms with E-state index in [4.69, 9.17) is 4.74 Å². The van der Waals surface area contributed by atoms with Crippen molar-refractivity contribution >= 4 is 11.8 Å². The molecule has 2 bridgehead atoms. The Hall–Kier alpha value is -1.81. The molecule has 4 rings (SSSR count). The first-order valence-corrected chi connectivity index (χ1v) is 9.59. The maximum absolute atomic E-state index is 13.7. The third-order valence-corrected chi connectivity index (χ3v) is 5.77. The Morgan fingerprint density at radius 1 is 1.36 bits per heavy atom. The van der Waals surface area contributed by atoms with E-state index in [1.165, 1.54) is 10.6 Å². The molecule has 0 aromatic carbocycles. The lowest BCUT2D eigenvalue weighted by Crippen LogP contribution is -2.53. The lowest BCUT2D eigenvalue weighted by Gasteiger charge is -2.40. The Morgan fingerprint density at radius 3 is 2.68 bits per heavy atom. The van der Waals surface area contributed by atoms with Crippen LogP contribution in [0.5, 0.6) is 0 Å². The van der Waals surface area contributed by atoms with Crippen molar-refractivity contribution in [3.63, 3.8) is 0 Å². The molecular formula is C18H25F3N4O3. The fourth-order valence-electron chi connectivity index (χ4n) is 4.28. The van der Waals surface area contributed by atoms with Crippen LogP contribution >= 0.6 is 0 Å². The fourth-order valence-corrected chi connectivity index (χ4v) is 4.28. The van der Waals surface area contributed by atoms with Crippen molar-refractivity contribution in [2.24, 2.45) is 0 Å². The van der Waals surface area contributed by atoms with Crippen molar-refractivity contribution in [2.45, 2.75) is 69.6 Å². The monoisotopic (exact) mass is 402 g/mol. The smallest absolute Gasteiger partial charge is 0.390 e. The summed E-state index contributed by atoms with van der Waals surface area (Å²) in [6, 6.07) is -0.214. The molecule has 4 heterocycles.